The van der Waals surface area contributed by atoms with Gasteiger partial charge in [-0.2, -0.15) is 5.10 Å². The lowest BCUT2D eigenvalue weighted by molar-refractivity contribution is 0.546. The SMILES string of the molecule is Cc1c(Cl)cnn1CCCNS(=O)(=O)c1cccc2cccnc12. The van der Waals surface area contributed by atoms with Crippen LogP contribution >= 0.6 is 11.6 Å². The van der Waals surface area contributed by atoms with Gasteiger partial charge < -0.3 is 0 Å². The summed E-state index contributed by atoms with van der Waals surface area (Å²) in [5, 5.41) is 5.55. The maximum Gasteiger partial charge on any atom is 0.242 e. The fourth-order valence-corrected chi connectivity index (χ4v) is 3.85. The number of benzene rings is 1. The smallest absolute Gasteiger partial charge is 0.242 e. The van der Waals surface area contributed by atoms with Gasteiger partial charge in [-0.15, -0.1) is 0 Å². The van der Waals surface area contributed by atoms with Crippen LogP contribution in [0.1, 0.15) is 12.1 Å². The molecule has 126 valence electrons. The van der Waals surface area contributed by atoms with Crippen molar-refractivity contribution in [1.82, 2.24) is 19.5 Å². The molecule has 0 fully saturated rings. The molecule has 3 aromatic rings. The molecular weight excluding hydrogens is 348 g/mol. The number of hydrogen-bond acceptors (Lipinski definition) is 4. The highest BCUT2D eigenvalue weighted by Gasteiger charge is 2.17. The lowest BCUT2D eigenvalue weighted by Crippen LogP contribution is -2.26. The van der Waals surface area contributed by atoms with Crippen molar-refractivity contribution in [2.75, 3.05) is 6.54 Å². The van der Waals surface area contributed by atoms with Crippen molar-refractivity contribution in [2.24, 2.45) is 0 Å². The van der Waals surface area contributed by atoms with Gasteiger partial charge in [0, 0.05) is 24.7 Å². The van der Waals surface area contributed by atoms with E-state index in [-0.39, 0.29) is 4.90 Å². The largest absolute Gasteiger partial charge is 0.268 e. The first kappa shape index (κ1) is 16.9. The molecule has 8 heteroatoms. The van der Waals surface area contributed by atoms with E-state index in [9.17, 15) is 8.42 Å². The minimum absolute atomic E-state index is 0.193. The highest BCUT2D eigenvalue weighted by atomic mass is 35.5. The van der Waals surface area contributed by atoms with Crippen LogP contribution in [0.4, 0.5) is 0 Å². The van der Waals surface area contributed by atoms with Crippen LogP contribution in [0, 0.1) is 6.92 Å². The summed E-state index contributed by atoms with van der Waals surface area (Å²) in [4.78, 5) is 4.38. The Balaban J connectivity index is 1.69. The van der Waals surface area contributed by atoms with Crippen LogP contribution in [0.25, 0.3) is 10.9 Å². The highest BCUT2D eigenvalue weighted by Crippen LogP contribution is 2.20. The van der Waals surface area contributed by atoms with Gasteiger partial charge in [0.1, 0.15) is 4.90 Å². The monoisotopic (exact) mass is 364 g/mol. The number of nitrogens with zero attached hydrogens (tertiary/aromatic N) is 3. The summed E-state index contributed by atoms with van der Waals surface area (Å²) in [5.74, 6) is 0. The molecule has 1 aromatic carbocycles. The zero-order chi connectivity index (χ0) is 17.2. The molecule has 0 amide bonds. The van der Waals surface area contributed by atoms with Crippen LogP contribution in [0.15, 0.2) is 47.6 Å². The molecule has 0 spiro atoms. The number of fused-ring (bicyclic) bond motifs is 1. The summed E-state index contributed by atoms with van der Waals surface area (Å²) < 4.78 is 29.4. The van der Waals surface area contributed by atoms with Crippen LogP contribution in [-0.2, 0) is 16.6 Å². The molecule has 6 nitrogen and oxygen atoms in total. The van der Waals surface area contributed by atoms with E-state index in [1.54, 1.807) is 35.3 Å². The first-order valence-electron chi connectivity index (χ1n) is 7.50. The topological polar surface area (TPSA) is 76.9 Å². The molecule has 0 atom stereocenters. The second-order valence-electron chi connectivity index (χ2n) is 5.38. The first-order valence-corrected chi connectivity index (χ1v) is 9.36. The molecule has 0 aliphatic carbocycles. The summed E-state index contributed by atoms with van der Waals surface area (Å²) in [7, 11) is -3.61. The zero-order valence-corrected chi connectivity index (χ0v) is 14.7. The van der Waals surface area contributed by atoms with E-state index in [1.807, 2.05) is 19.1 Å². The summed E-state index contributed by atoms with van der Waals surface area (Å²) in [6, 6.07) is 8.74. The Morgan fingerprint density at radius 1 is 1.25 bits per heavy atom. The molecule has 0 saturated heterocycles. The molecular formula is C16H17ClN4O2S. The molecule has 0 unspecified atom stereocenters. The third kappa shape index (κ3) is 3.43. The number of para-hydroxylation sites is 1. The van der Waals surface area contributed by atoms with Crippen LogP contribution in [-0.4, -0.2) is 29.7 Å². The average Bonchev–Trinajstić information content (AvgIpc) is 2.90. The summed E-state index contributed by atoms with van der Waals surface area (Å²) in [6.07, 6.45) is 3.78. The Bertz CT molecular complexity index is 964. The van der Waals surface area contributed by atoms with Gasteiger partial charge in [0.15, 0.2) is 0 Å². The van der Waals surface area contributed by atoms with Crippen LogP contribution in [0.5, 0.6) is 0 Å². The van der Waals surface area contributed by atoms with Crippen LogP contribution in [0.2, 0.25) is 5.02 Å². The molecule has 0 bridgehead atoms. The fourth-order valence-electron chi connectivity index (χ4n) is 2.46. The van der Waals surface area contributed by atoms with Gasteiger partial charge in [-0.25, -0.2) is 13.1 Å². The van der Waals surface area contributed by atoms with Crippen LogP contribution < -0.4 is 4.72 Å². The van der Waals surface area contributed by atoms with Gasteiger partial charge in [-0.3, -0.25) is 9.67 Å². The van der Waals surface area contributed by atoms with E-state index in [2.05, 4.69) is 14.8 Å². The summed E-state index contributed by atoms with van der Waals surface area (Å²) in [5.41, 5.74) is 1.35. The van der Waals surface area contributed by atoms with Crippen molar-refractivity contribution in [2.45, 2.75) is 24.8 Å². The molecule has 2 heterocycles. The van der Waals surface area contributed by atoms with Gasteiger partial charge in [-0.05, 0) is 25.5 Å². The molecule has 0 radical (unpaired) electrons. The molecule has 3 rings (SSSR count). The number of sulfonamides is 1. The summed E-state index contributed by atoms with van der Waals surface area (Å²) in [6.45, 7) is 2.78. The molecule has 0 saturated carbocycles. The maximum atomic E-state index is 12.5. The van der Waals surface area contributed by atoms with E-state index < -0.39 is 10.0 Å². The quantitative estimate of drug-likeness (QED) is 0.682. The number of rotatable bonds is 6. The normalized spacial score (nSPS) is 11.9. The lowest BCUT2D eigenvalue weighted by Gasteiger charge is -2.09. The van der Waals surface area contributed by atoms with Crippen molar-refractivity contribution >= 4 is 32.5 Å². The van der Waals surface area contributed by atoms with E-state index in [1.165, 1.54) is 0 Å². The highest BCUT2D eigenvalue weighted by molar-refractivity contribution is 7.89. The molecule has 2 aromatic heterocycles. The standard InChI is InChI=1S/C16H17ClN4O2S/c1-12-14(17)11-19-21(12)10-4-9-20-24(22,23)15-7-2-5-13-6-3-8-18-16(13)15/h2-3,5-8,11,20H,4,9-10H2,1H3. The molecule has 0 aliphatic rings. The Morgan fingerprint density at radius 3 is 2.79 bits per heavy atom. The fraction of sp³-hybridized carbons (Fsp3) is 0.250. The van der Waals surface area contributed by atoms with Gasteiger partial charge in [0.05, 0.1) is 22.4 Å². The molecule has 24 heavy (non-hydrogen) atoms. The molecule has 0 aliphatic heterocycles. The Hall–Kier alpha value is -1.96. The number of aryl methyl sites for hydroxylation is 1. The lowest BCUT2D eigenvalue weighted by atomic mass is 10.2. The number of nitrogens with one attached hydrogen (secondary N) is 1. The average molecular weight is 365 g/mol. The Morgan fingerprint density at radius 2 is 2.04 bits per heavy atom. The van der Waals surface area contributed by atoms with E-state index in [0.717, 1.165) is 11.1 Å². The number of pyridine rings is 1. The van der Waals surface area contributed by atoms with Crippen molar-refractivity contribution in [1.29, 1.82) is 0 Å². The van der Waals surface area contributed by atoms with Gasteiger partial charge in [-0.1, -0.05) is 29.8 Å². The van der Waals surface area contributed by atoms with Crippen molar-refractivity contribution < 1.29 is 8.42 Å². The predicted molar refractivity (Wildman–Crippen MR) is 93.5 cm³/mol. The van der Waals surface area contributed by atoms with E-state index in [4.69, 9.17) is 11.6 Å². The Labute approximate surface area is 145 Å². The van der Waals surface area contributed by atoms with E-state index in [0.29, 0.717) is 30.0 Å². The number of halogens is 1. The van der Waals surface area contributed by atoms with Crippen molar-refractivity contribution in [3.63, 3.8) is 0 Å². The number of aromatic nitrogens is 3. The third-order valence-corrected chi connectivity index (χ3v) is 5.63. The van der Waals surface area contributed by atoms with Gasteiger partial charge in [0.25, 0.3) is 0 Å². The summed E-state index contributed by atoms with van der Waals surface area (Å²) >= 11 is 5.95. The third-order valence-electron chi connectivity index (χ3n) is 3.77. The van der Waals surface area contributed by atoms with E-state index >= 15 is 0 Å². The number of hydrogen-bond donors (Lipinski definition) is 1. The maximum absolute atomic E-state index is 12.5. The minimum atomic E-state index is -3.61. The predicted octanol–water partition coefficient (Wildman–Crippen LogP) is 2.76. The zero-order valence-electron chi connectivity index (χ0n) is 13.1. The van der Waals surface area contributed by atoms with Crippen molar-refractivity contribution in [3.8, 4) is 0 Å². The van der Waals surface area contributed by atoms with Gasteiger partial charge in [0.2, 0.25) is 10.0 Å². The first-order chi connectivity index (χ1) is 11.5. The second-order valence-corrected chi connectivity index (χ2v) is 7.53. The van der Waals surface area contributed by atoms with Crippen molar-refractivity contribution in [3.05, 3.63) is 53.4 Å². The Kier molecular flexibility index (Phi) is 4.84. The van der Waals surface area contributed by atoms with Gasteiger partial charge >= 0.3 is 0 Å². The molecule has 1 N–H and O–H groups in total. The second kappa shape index (κ2) is 6.88. The van der Waals surface area contributed by atoms with Crippen LogP contribution in [0.3, 0.4) is 0 Å². The minimum Gasteiger partial charge on any atom is -0.268 e.